The van der Waals surface area contributed by atoms with E-state index in [4.69, 9.17) is 20.7 Å². The summed E-state index contributed by atoms with van der Waals surface area (Å²) in [6, 6.07) is -1.04. The summed E-state index contributed by atoms with van der Waals surface area (Å²) in [7, 11) is 0. The van der Waals surface area contributed by atoms with Crippen LogP contribution in [0.15, 0.2) is 0 Å². The van der Waals surface area contributed by atoms with Crippen molar-refractivity contribution in [1.29, 1.82) is 0 Å². The zero-order valence-electron chi connectivity index (χ0n) is 8.68. The number of hydrogen-bond donors (Lipinski definition) is 5. The van der Waals surface area contributed by atoms with Crippen LogP contribution in [0.4, 0.5) is 0 Å². The Labute approximate surface area is 237 Å². The smallest absolute Gasteiger partial charge is 0.173 e. The third kappa shape index (κ3) is 8.85. The molecule has 5 atom stereocenters. The van der Waals surface area contributed by atoms with E-state index in [1.54, 1.807) is 0 Å². The van der Waals surface area contributed by atoms with E-state index in [-0.39, 0.29) is 176 Å². The van der Waals surface area contributed by atoms with Gasteiger partial charge in [-0.15, -0.1) is 0 Å². The molecule has 0 bridgehead atoms. The molecule has 16 heavy (non-hydrogen) atoms. The maximum atomic E-state index is 9.20. The molecule has 1 aliphatic rings. The van der Waals surface area contributed by atoms with Crippen LogP contribution in [0.1, 0.15) is 0 Å². The van der Waals surface area contributed by atoms with Crippen LogP contribution >= 0.6 is 0 Å². The largest absolute Gasteiger partial charge is 0.394 e. The monoisotopic (exact) mass is 1090 g/mol. The molecule has 84 valence electrons. The molecule has 1 fully saturated rings. The van der Waals surface area contributed by atoms with E-state index in [2.05, 4.69) is 0 Å². The summed E-state index contributed by atoms with van der Waals surface area (Å²) in [4.78, 5) is 0. The molecule has 6 nitrogen and oxygen atoms in total. The molecular formula is C6H13Ac4NO5. The molecule has 10 heteroatoms. The molecule has 0 aliphatic carbocycles. The van der Waals surface area contributed by atoms with E-state index in [1.807, 2.05) is 0 Å². The summed E-state index contributed by atoms with van der Waals surface area (Å²) in [5.74, 6) is 0. The van der Waals surface area contributed by atoms with E-state index < -0.39 is 37.3 Å². The van der Waals surface area contributed by atoms with Gasteiger partial charge in [-0.05, 0) is 0 Å². The Morgan fingerprint density at radius 1 is 0.938 bits per heavy atom. The molecule has 0 aromatic rings. The van der Waals surface area contributed by atoms with Crippen LogP contribution in [-0.4, -0.2) is 57.7 Å². The average Bonchev–Trinajstić information content (AvgIpc) is 2.08. The first kappa shape index (κ1) is 29.5. The van der Waals surface area contributed by atoms with Crippen molar-refractivity contribution in [2.24, 2.45) is 5.73 Å². The van der Waals surface area contributed by atoms with Crippen LogP contribution < -0.4 is 5.73 Å². The Hall–Kier alpha value is 5.53. The van der Waals surface area contributed by atoms with Crippen LogP contribution in [-0.2, 0) is 4.74 Å². The summed E-state index contributed by atoms with van der Waals surface area (Å²) >= 11 is 0. The number of hydrogen-bond acceptors (Lipinski definition) is 6. The maximum absolute atomic E-state index is 9.20. The molecular weight excluding hydrogens is 1070 g/mol. The van der Waals surface area contributed by atoms with E-state index in [0.29, 0.717) is 0 Å². The molecule has 0 spiro atoms. The fraction of sp³-hybridized carbons (Fsp3) is 1.00. The molecule has 6 N–H and O–H groups in total. The minimum atomic E-state index is -1.35. The Morgan fingerprint density at radius 2 is 1.38 bits per heavy atom. The van der Waals surface area contributed by atoms with Crippen molar-refractivity contribution in [2.75, 3.05) is 6.61 Å². The molecule has 1 saturated heterocycles. The molecule has 1 heterocycles. The van der Waals surface area contributed by atoms with Crippen LogP contribution in [0.25, 0.3) is 0 Å². The van der Waals surface area contributed by atoms with Crippen molar-refractivity contribution in [3.8, 4) is 0 Å². The van der Waals surface area contributed by atoms with Crippen molar-refractivity contribution >= 4 is 0 Å². The second-order valence-electron chi connectivity index (χ2n) is 2.81. The van der Waals surface area contributed by atoms with Crippen LogP contribution in [0.5, 0.6) is 0 Å². The fourth-order valence-electron chi connectivity index (χ4n) is 1.12. The first-order valence-electron chi connectivity index (χ1n) is 3.64. The minimum Gasteiger partial charge on any atom is -0.394 e. The predicted molar refractivity (Wildman–Crippen MR) is 38.0 cm³/mol. The van der Waals surface area contributed by atoms with E-state index in [1.165, 1.54) is 0 Å². The summed E-state index contributed by atoms with van der Waals surface area (Å²) < 4.78 is 4.70. The number of nitrogens with two attached hydrogens (primary N) is 1. The van der Waals surface area contributed by atoms with Crippen LogP contribution in [0.3, 0.4) is 0 Å². The maximum Gasteiger partial charge on any atom is 0.173 e. The first-order chi connectivity index (χ1) is 5.57. The van der Waals surface area contributed by atoms with E-state index in [9.17, 15) is 10.2 Å². The minimum absolute atomic E-state index is 0. The van der Waals surface area contributed by atoms with Crippen molar-refractivity contribution in [3.63, 3.8) is 0 Å². The molecule has 1 aliphatic heterocycles. The number of rotatable bonds is 1. The third-order valence-corrected chi connectivity index (χ3v) is 1.95. The third-order valence-electron chi connectivity index (χ3n) is 1.95. The van der Waals surface area contributed by atoms with Gasteiger partial charge in [-0.25, -0.2) is 0 Å². The first-order valence-corrected chi connectivity index (χ1v) is 3.64. The Balaban J connectivity index is -0.000000180. The number of aliphatic hydroxyl groups is 4. The van der Waals surface area contributed by atoms with Gasteiger partial charge in [0.05, 0.1) is 12.6 Å². The van der Waals surface area contributed by atoms with Gasteiger partial charge in [-0.1, -0.05) is 0 Å². The predicted octanol–water partition coefficient (Wildman–Crippen LogP) is -3.25. The van der Waals surface area contributed by atoms with E-state index in [0.717, 1.165) is 0 Å². The number of aliphatic hydroxyl groups excluding tert-OH is 4. The zero-order valence-corrected chi connectivity index (χ0v) is 27.7. The summed E-state index contributed by atoms with van der Waals surface area (Å²) in [6.45, 7) is -0.470. The molecule has 0 aromatic heterocycles. The van der Waals surface area contributed by atoms with Gasteiger partial charge >= 0.3 is 0 Å². The van der Waals surface area contributed by atoms with Gasteiger partial charge in [0.2, 0.25) is 0 Å². The average molecular weight is 1090 g/mol. The second-order valence-corrected chi connectivity index (χ2v) is 2.81. The van der Waals surface area contributed by atoms with Crippen molar-refractivity contribution < 1.29 is 201 Å². The van der Waals surface area contributed by atoms with Gasteiger partial charge in [0.25, 0.3) is 0 Å². The molecule has 1 rings (SSSR count). The van der Waals surface area contributed by atoms with Crippen molar-refractivity contribution in [3.05, 3.63) is 0 Å². The number of ether oxygens (including phenoxy) is 1. The Bertz CT molecular complexity index is 163. The Morgan fingerprint density at radius 3 is 1.75 bits per heavy atom. The van der Waals surface area contributed by atoms with Gasteiger partial charge in [-0.3, -0.25) is 0 Å². The van der Waals surface area contributed by atoms with Gasteiger partial charge in [-0.2, -0.15) is 0 Å². The summed E-state index contributed by atoms with van der Waals surface area (Å²) in [6.07, 6.45) is -4.85. The summed E-state index contributed by atoms with van der Waals surface area (Å²) in [5, 5.41) is 36.1. The van der Waals surface area contributed by atoms with Gasteiger partial charge in [0.1, 0.15) is 18.3 Å². The van der Waals surface area contributed by atoms with Crippen LogP contribution in [0, 0.1) is 176 Å². The standard InChI is InChI=1S/C6H13NO5.4Ac/c7-3-5(10)4(9)2(1-8)12-6(3)11;;;;/h2-6,8-11H,1,7H2;;;;/t2-,3-,4-,5-,6?;;;;/m1..../s1. The SMILES string of the molecule is N[C@H]1C(O)O[C@H](CO)[C@@H](O)[C@@H]1O.[Ac].[Ac].[Ac].[Ac]. The normalized spacial score (nSPS) is 36.9. The van der Waals surface area contributed by atoms with Crippen molar-refractivity contribution in [2.45, 2.75) is 30.6 Å². The molecule has 0 saturated carbocycles. The van der Waals surface area contributed by atoms with Crippen LogP contribution in [0.2, 0.25) is 0 Å². The van der Waals surface area contributed by atoms with Gasteiger partial charge < -0.3 is 30.9 Å². The van der Waals surface area contributed by atoms with Crippen molar-refractivity contribution in [1.82, 2.24) is 0 Å². The van der Waals surface area contributed by atoms with E-state index >= 15 is 0 Å². The second kappa shape index (κ2) is 15.4. The quantitative estimate of drug-likeness (QED) is 0.189. The fourth-order valence-corrected chi connectivity index (χ4v) is 1.12. The molecule has 4 radical (unpaired) electrons. The zero-order chi connectivity index (χ0) is 9.30. The molecule has 0 amide bonds. The summed E-state index contributed by atoms with van der Waals surface area (Å²) in [5.41, 5.74) is 5.26. The Kier molecular flexibility index (Phi) is 28.5. The molecule has 0 aromatic carbocycles. The van der Waals surface area contributed by atoms with Gasteiger partial charge in [0, 0.05) is 176 Å². The van der Waals surface area contributed by atoms with Gasteiger partial charge in [0.15, 0.2) is 6.29 Å². The topological polar surface area (TPSA) is 116 Å². The molecule has 1 unspecified atom stereocenters.